The van der Waals surface area contributed by atoms with E-state index < -0.39 is 5.66 Å². The van der Waals surface area contributed by atoms with Gasteiger partial charge in [-0.15, -0.1) is 0 Å². The van der Waals surface area contributed by atoms with Crippen LogP contribution in [0.5, 0.6) is 0 Å². The van der Waals surface area contributed by atoms with Crippen molar-refractivity contribution in [1.29, 1.82) is 0 Å². The quantitative estimate of drug-likeness (QED) is 0.122. The molecule has 8 aromatic rings. The van der Waals surface area contributed by atoms with E-state index in [4.69, 9.17) is 5.73 Å². The molecule has 1 aromatic heterocycles. The summed E-state index contributed by atoms with van der Waals surface area (Å²) in [6, 6.07) is 65.1. The fourth-order valence-corrected chi connectivity index (χ4v) is 8.35. The van der Waals surface area contributed by atoms with Crippen LogP contribution in [0.1, 0.15) is 22.9 Å². The number of nitrogens with one attached hydrogen (secondary N) is 1. The predicted octanol–water partition coefficient (Wildman–Crippen LogP) is 7.98. The lowest BCUT2D eigenvalue weighted by Gasteiger charge is -2.31. The average Bonchev–Trinajstić information content (AvgIpc) is 3.93. The minimum atomic E-state index is -0.776. The van der Waals surface area contributed by atoms with Gasteiger partial charge >= 0.3 is 0 Å². The molecule has 240 valence electrons. The van der Waals surface area contributed by atoms with Crippen molar-refractivity contribution in [1.82, 2.24) is 15.0 Å². The molecule has 2 heterocycles. The third-order valence-corrected chi connectivity index (χ3v) is 11.1. The number of para-hydroxylation sites is 2. The summed E-state index contributed by atoms with van der Waals surface area (Å²) in [4.78, 5) is 0. The second kappa shape index (κ2) is 12.7. The van der Waals surface area contributed by atoms with Gasteiger partial charge in [0.15, 0.2) is 0 Å². The number of rotatable bonds is 9. The van der Waals surface area contributed by atoms with Crippen molar-refractivity contribution in [2.24, 2.45) is 5.73 Å². The molecule has 5 heteroatoms. The highest BCUT2D eigenvalue weighted by molar-refractivity contribution is 6.67. The number of benzene rings is 7. The largest absolute Gasteiger partial charge is 0.309 e. The van der Waals surface area contributed by atoms with Crippen LogP contribution in [-0.2, 0) is 12.1 Å². The van der Waals surface area contributed by atoms with Crippen LogP contribution in [0.2, 0.25) is 0 Å². The molecule has 0 saturated carbocycles. The van der Waals surface area contributed by atoms with E-state index in [0.717, 1.165) is 11.3 Å². The molecule has 0 spiro atoms. The summed E-state index contributed by atoms with van der Waals surface area (Å²) in [5, 5.41) is 7.42. The Morgan fingerprint density at radius 2 is 1.16 bits per heavy atom. The summed E-state index contributed by atoms with van der Waals surface area (Å²) in [5.74, 6) is 0. The molecule has 3 N–H and O–H groups in total. The van der Waals surface area contributed by atoms with Crippen LogP contribution in [0.25, 0.3) is 38.6 Å². The van der Waals surface area contributed by atoms with Crippen molar-refractivity contribution in [3.8, 4) is 16.8 Å². The number of fused-ring (bicyclic) bond motifs is 3. The van der Waals surface area contributed by atoms with E-state index in [0.29, 0.717) is 15.9 Å². The molecule has 9 rings (SSSR count). The van der Waals surface area contributed by atoms with Crippen molar-refractivity contribution in [3.63, 3.8) is 0 Å². The van der Waals surface area contributed by atoms with Gasteiger partial charge in [0, 0.05) is 22.9 Å². The van der Waals surface area contributed by atoms with E-state index in [2.05, 4.69) is 197 Å². The Morgan fingerprint density at radius 1 is 0.560 bits per heavy atom. The van der Waals surface area contributed by atoms with E-state index in [9.17, 15) is 0 Å². The first-order valence-corrected chi connectivity index (χ1v) is 18.1. The van der Waals surface area contributed by atoms with Gasteiger partial charge in [0.1, 0.15) is 21.3 Å². The van der Waals surface area contributed by atoms with Crippen LogP contribution in [0.3, 0.4) is 0 Å². The highest BCUT2D eigenvalue weighted by Crippen LogP contribution is 2.42. The Labute approximate surface area is 295 Å². The number of nitrogens with two attached hydrogens (primary N) is 1. The van der Waals surface area contributed by atoms with Crippen LogP contribution in [-0.4, -0.2) is 19.1 Å². The van der Waals surface area contributed by atoms with Gasteiger partial charge in [0.25, 0.3) is 0 Å². The lowest BCUT2D eigenvalue weighted by Crippen LogP contribution is -2.47. The summed E-state index contributed by atoms with van der Waals surface area (Å²) in [7, 11) is 0.650. The van der Waals surface area contributed by atoms with Gasteiger partial charge < -0.3 is 10.3 Å². The van der Waals surface area contributed by atoms with Crippen LogP contribution >= 0.6 is 0 Å². The van der Waals surface area contributed by atoms with E-state index in [-0.39, 0.29) is 6.17 Å². The van der Waals surface area contributed by atoms with Crippen LogP contribution in [0, 0.1) is 0 Å². The first kappa shape index (κ1) is 30.5. The lowest BCUT2D eigenvalue weighted by atomic mass is 9.91. The van der Waals surface area contributed by atoms with Gasteiger partial charge in [0.05, 0.1) is 11.0 Å². The molecule has 2 unspecified atom stereocenters. The molecular formula is C45H36N4Si. The van der Waals surface area contributed by atoms with Crippen molar-refractivity contribution >= 4 is 41.7 Å². The molecule has 0 aliphatic carbocycles. The highest BCUT2D eigenvalue weighted by Gasteiger charge is 2.49. The molecule has 50 heavy (non-hydrogen) atoms. The average molecular weight is 661 g/mol. The van der Waals surface area contributed by atoms with Crippen molar-refractivity contribution < 1.29 is 0 Å². The van der Waals surface area contributed by atoms with Crippen LogP contribution in [0.15, 0.2) is 182 Å². The first-order chi connectivity index (χ1) is 24.6. The normalized spacial score (nSPS) is 16.7. The van der Waals surface area contributed by atoms with E-state index in [1.165, 1.54) is 54.4 Å². The maximum absolute atomic E-state index is 7.52. The summed E-state index contributed by atoms with van der Waals surface area (Å²) in [6.45, 7) is 0. The zero-order valence-electron chi connectivity index (χ0n) is 27.6. The molecule has 3 atom stereocenters. The van der Waals surface area contributed by atoms with E-state index in [1.54, 1.807) is 0 Å². The zero-order valence-corrected chi connectivity index (χ0v) is 28.6. The summed E-state index contributed by atoms with van der Waals surface area (Å²) < 4.78 is 2.35. The second-order valence-corrected chi connectivity index (χ2v) is 14.5. The summed E-state index contributed by atoms with van der Waals surface area (Å²) in [5.41, 5.74) is 19.8. The SMILES string of the molecule is N[C@@](Cc1ccccc1)(c1ccc(-n2c3ccccc3c3ccccc32)cc1)N1NC1c1cccc(-c2ccc([Si]c3ccccc3)cc2)c1. The molecule has 4 nitrogen and oxygen atoms in total. The van der Waals surface area contributed by atoms with E-state index >= 15 is 0 Å². The fourth-order valence-electron chi connectivity index (χ4n) is 7.32. The zero-order chi connectivity index (χ0) is 33.5. The third kappa shape index (κ3) is 5.66. The molecule has 1 aliphatic rings. The smallest absolute Gasteiger partial charge is 0.121 e. The van der Waals surface area contributed by atoms with Gasteiger partial charge in [-0.1, -0.05) is 162 Å². The predicted molar refractivity (Wildman–Crippen MR) is 208 cm³/mol. The van der Waals surface area contributed by atoms with Gasteiger partial charge in [-0.2, -0.15) is 5.01 Å². The number of hydrogen-bond acceptors (Lipinski definition) is 3. The Kier molecular flexibility index (Phi) is 7.75. The maximum atomic E-state index is 7.52. The molecule has 0 bridgehead atoms. The summed E-state index contributed by atoms with van der Waals surface area (Å²) in [6.07, 6.45) is 0.662. The summed E-state index contributed by atoms with van der Waals surface area (Å²) >= 11 is 0. The van der Waals surface area contributed by atoms with Gasteiger partial charge in [-0.05, 0) is 58.1 Å². The molecular weight excluding hydrogens is 625 g/mol. The minimum Gasteiger partial charge on any atom is -0.309 e. The van der Waals surface area contributed by atoms with Crippen molar-refractivity contribution in [2.75, 3.05) is 0 Å². The Balaban J connectivity index is 1.02. The topological polar surface area (TPSA) is 55.9 Å². The molecule has 2 radical (unpaired) electrons. The number of hydrazine groups is 1. The Morgan fingerprint density at radius 3 is 1.84 bits per heavy atom. The molecule has 7 aromatic carbocycles. The van der Waals surface area contributed by atoms with Gasteiger partial charge in [-0.3, -0.25) is 0 Å². The molecule has 0 amide bonds. The lowest BCUT2D eigenvalue weighted by molar-refractivity contribution is 0.200. The van der Waals surface area contributed by atoms with Crippen molar-refractivity contribution in [2.45, 2.75) is 18.2 Å². The Hall–Kier alpha value is -5.56. The number of hydrogen-bond donors (Lipinski definition) is 2. The second-order valence-electron chi connectivity index (χ2n) is 13.1. The van der Waals surface area contributed by atoms with E-state index in [1.807, 2.05) is 0 Å². The number of aromatic nitrogens is 1. The molecule has 1 fully saturated rings. The standard InChI is InChI=1S/C45H36N4Si/c46-45(31-32-12-3-1-4-13-32,36-24-26-37(27-25-36)48-42-20-9-7-18-40(42)41-19-8-10-21-43(41)48)49-44(47-49)35-15-11-14-34(30-35)33-22-28-39(29-23-33)50-38-16-5-2-6-17-38/h1-30,44,47H,31,46H2/t44?,45-,49?/m1/s1. The van der Waals surface area contributed by atoms with Crippen LogP contribution < -0.4 is 21.5 Å². The maximum Gasteiger partial charge on any atom is 0.121 e. The highest BCUT2D eigenvalue weighted by atomic mass is 28.2. The Bertz CT molecular complexity index is 2370. The van der Waals surface area contributed by atoms with Gasteiger partial charge in [-0.25, -0.2) is 5.43 Å². The van der Waals surface area contributed by atoms with Crippen LogP contribution in [0.4, 0.5) is 0 Å². The van der Waals surface area contributed by atoms with Gasteiger partial charge in [0.2, 0.25) is 0 Å². The molecule has 1 aliphatic heterocycles. The fraction of sp³-hybridized carbons (Fsp3) is 0.0667. The minimum absolute atomic E-state index is 0.000454. The molecule has 1 saturated heterocycles. The van der Waals surface area contributed by atoms with Crippen molar-refractivity contribution in [3.05, 3.63) is 199 Å². The first-order valence-electron chi connectivity index (χ1n) is 17.1. The third-order valence-electron chi connectivity index (χ3n) is 9.89. The monoisotopic (exact) mass is 660 g/mol. The number of nitrogens with zero attached hydrogens (tertiary/aromatic N) is 2.